The van der Waals surface area contributed by atoms with E-state index in [-0.39, 0.29) is 11.6 Å². The molecule has 1 heterocycles. The van der Waals surface area contributed by atoms with Crippen LogP contribution in [0.5, 0.6) is 0 Å². The van der Waals surface area contributed by atoms with Crippen molar-refractivity contribution in [2.75, 3.05) is 7.11 Å². The van der Waals surface area contributed by atoms with Crippen LogP contribution in [-0.2, 0) is 14.3 Å². The number of methoxy groups -OCH3 is 1. The van der Waals surface area contributed by atoms with Gasteiger partial charge >= 0.3 is 5.97 Å². The third-order valence-corrected chi connectivity index (χ3v) is 4.37. The summed E-state index contributed by atoms with van der Waals surface area (Å²) in [5.41, 5.74) is -0.985. The van der Waals surface area contributed by atoms with Crippen LogP contribution >= 0.6 is 0 Å². The molecular formula is C13H22O3. The maximum absolute atomic E-state index is 11.6. The maximum atomic E-state index is 11.6. The molecule has 1 aliphatic heterocycles. The zero-order valence-corrected chi connectivity index (χ0v) is 10.5. The molecule has 0 aromatic carbocycles. The van der Waals surface area contributed by atoms with Crippen molar-refractivity contribution in [3.8, 4) is 0 Å². The molecule has 2 aliphatic rings. The van der Waals surface area contributed by atoms with Crippen LogP contribution in [0.4, 0.5) is 0 Å². The van der Waals surface area contributed by atoms with E-state index in [1.807, 2.05) is 13.8 Å². The molecule has 2 atom stereocenters. The fourth-order valence-corrected chi connectivity index (χ4v) is 3.06. The monoisotopic (exact) mass is 226 g/mol. The van der Waals surface area contributed by atoms with E-state index in [0.29, 0.717) is 0 Å². The van der Waals surface area contributed by atoms with Gasteiger partial charge in [-0.05, 0) is 26.2 Å². The van der Waals surface area contributed by atoms with Gasteiger partial charge in [0.1, 0.15) is 5.60 Å². The van der Waals surface area contributed by atoms with E-state index in [2.05, 4.69) is 0 Å². The molecule has 16 heavy (non-hydrogen) atoms. The van der Waals surface area contributed by atoms with Gasteiger partial charge in [-0.1, -0.05) is 32.1 Å². The largest absolute Gasteiger partial charge is 0.467 e. The minimum atomic E-state index is -0.695. The summed E-state index contributed by atoms with van der Waals surface area (Å²) in [6.07, 6.45) is 7.60. The van der Waals surface area contributed by atoms with Crippen LogP contribution in [0.25, 0.3) is 0 Å². The Morgan fingerprint density at radius 2 is 1.94 bits per heavy atom. The summed E-state index contributed by atoms with van der Waals surface area (Å²) in [4.78, 5) is 11.6. The highest BCUT2D eigenvalue weighted by molar-refractivity contribution is 5.84. The second kappa shape index (κ2) is 4.02. The van der Waals surface area contributed by atoms with Crippen molar-refractivity contribution in [2.24, 2.45) is 5.92 Å². The summed E-state index contributed by atoms with van der Waals surface area (Å²) in [6, 6.07) is 0. The van der Waals surface area contributed by atoms with Crippen molar-refractivity contribution < 1.29 is 14.3 Å². The first-order valence-electron chi connectivity index (χ1n) is 6.30. The predicted molar refractivity (Wildman–Crippen MR) is 61.1 cm³/mol. The first-order valence-corrected chi connectivity index (χ1v) is 6.30. The van der Waals surface area contributed by atoms with Gasteiger partial charge in [0.25, 0.3) is 0 Å². The minimum absolute atomic E-state index is 0.231. The molecule has 2 unspecified atom stereocenters. The number of carbonyl (C=O) groups is 1. The van der Waals surface area contributed by atoms with Crippen molar-refractivity contribution in [1.29, 1.82) is 0 Å². The molecule has 0 radical (unpaired) electrons. The molecule has 0 spiro atoms. The van der Waals surface area contributed by atoms with E-state index in [9.17, 15) is 4.79 Å². The number of ether oxygens (including phenoxy) is 2. The van der Waals surface area contributed by atoms with Crippen molar-refractivity contribution >= 4 is 5.97 Å². The van der Waals surface area contributed by atoms with Crippen molar-refractivity contribution in [3.05, 3.63) is 0 Å². The number of esters is 1. The zero-order chi connectivity index (χ0) is 11.8. The summed E-state index contributed by atoms with van der Waals surface area (Å²) in [5.74, 6) is 0.496. The average molecular weight is 226 g/mol. The number of rotatable bonds is 3. The topological polar surface area (TPSA) is 38.8 Å². The average Bonchev–Trinajstić information content (AvgIpc) is 2.82. The van der Waals surface area contributed by atoms with E-state index in [1.165, 1.54) is 39.2 Å². The molecule has 92 valence electrons. The highest BCUT2D eigenvalue weighted by atomic mass is 16.7. The summed E-state index contributed by atoms with van der Waals surface area (Å²) in [7, 11) is 1.43. The Morgan fingerprint density at radius 3 is 2.50 bits per heavy atom. The number of epoxide rings is 1. The van der Waals surface area contributed by atoms with Crippen molar-refractivity contribution in [2.45, 2.75) is 63.6 Å². The van der Waals surface area contributed by atoms with Gasteiger partial charge in [-0.2, -0.15) is 0 Å². The van der Waals surface area contributed by atoms with Crippen LogP contribution in [0, 0.1) is 5.92 Å². The Hall–Kier alpha value is -0.570. The van der Waals surface area contributed by atoms with Gasteiger partial charge in [0, 0.05) is 0 Å². The third-order valence-electron chi connectivity index (χ3n) is 4.37. The van der Waals surface area contributed by atoms with E-state index >= 15 is 0 Å². The summed E-state index contributed by atoms with van der Waals surface area (Å²) in [5, 5.41) is 0. The Balaban J connectivity index is 1.93. The van der Waals surface area contributed by atoms with Crippen LogP contribution in [0.2, 0.25) is 0 Å². The molecule has 0 N–H and O–H groups in total. The Morgan fingerprint density at radius 1 is 1.31 bits per heavy atom. The molecule has 1 aliphatic carbocycles. The van der Waals surface area contributed by atoms with Crippen molar-refractivity contribution in [1.82, 2.24) is 0 Å². The molecule has 3 nitrogen and oxygen atoms in total. The van der Waals surface area contributed by atoms with Gasteiger partial charge in [0.15, 0.2) is 5.60 Å². The van der Waals surface area contributed by atoms with E-state index in [4.69, 9.17) is 9.47 Å². The second-order valence-corrected chi connectivity index (χ2v) is 5.57. The Kier molecular flexibility index (Phi) is 2.99. The molecule has 0 aromatic rings. The smallest absolute Gasteiger partial charge is 0.340 e. The first-order chi connectivity index (χ1) is 7.52. The number of hydrogen-bond acceptors (Lipinski definition) is 3. The number of carbonyl (C=O) groups excluding carboxylic acids is 1. The lowest BCUT2D eigenvalue weighted by molar-refractivity contribution is -0.146. The zero-order valence-electron chi connectivity index (χ0n) is 10.5. The van der Waals surface area contributed by atoms with Crippen LogP contribution in [0.3, 0.4) is 0 Å². The van der Waals surface area contributed by atoms with Gasteiger partial charge in [-0.3, -0.25) is 0 Å². The molecule has 1 saturated heterocycles. The molecule has 0 aromatic heterocycles. The van der Waals surface area contributed by atoms with E-state index in [0.717, 1.165) is 12.3 Å². The lowest BCUT2D eigenvalue weighted by Crippen LogP contribution is -2.32. The van der Waals surface area contributed by atoms with Gasteiger partial charge in [0.2, 0.25) is 0 Å². The fourth-order valence-electron chi connectivity index (χ4n) is 3.06. The number of hydrogen-bond donors (Lipinski definition) is 0. The van der Waals surface area contributed by atoms with E-state index < -0.39 is 5.60 Å². The van der Waals surface area contributed by atoms with Crippen LogP contribution < -0.4 is 0 Å². The van der Waals surface area contributed by atoms with Gasteiger partial charge in [0.05, 0.1) is 7.11 Å². The molecule has 0 bridgehead atoms. The molecule has 2 fully saturated rings. The molecule has 0 amide bonds. The quantitative estimate of drug-likeness (QED) is 0.548. The van der Waals surface area contributed by atoms with Crippen LogP contribution in [0.1, 0.15) is 52.4 Å². The van der Waals surface area contributed by atoms with Gasteiger partial charge in [-0.15, -0.1) is 0 Å². The lowest BCUT2D eigenvalue weighted by Gasteiger charge is -2.24. The minimum Gasteiger partial charge on any atom is -0.467 e. The standard InChI is InChI=1S/C13H22O3/c1-12(9-10-7-5-4-6-8-10)13(2,16-12)11(14)15-3/h10H,4-9H2,1-3H3. The maximum Gasteiger partial charge on any atom is 0.340 e. The highest BCUT2D eigenvalue weighted by Gasteiger charge is 2.69. The Bertz CT molecular complexity index is 283. The Labute approximate surface area is 97.5 Å². The molecule has 3 heteroatoms. The summed E-state index contributed by atoms with van der Waals surface area (Å²) in [6.45, 7) is 3.89. The third kappa shape index (κ3) is 1.86. The van der Waals surface area contributed by atoms with Crippen LogP contribution in [0.15, 0.2) is 0 Å². The summed E-state index contributed by atoms with van der Waals surface area (Å²) < 4.78 is 10.5. The van der Waals surface area contributed by atoms with E-state index in [1.54, 1.807) is 0 Å². The van der Waals surface area contributed by atoms with Crippen molar-refractivity contribution in [3.63, 3.8) is 0 Å². The fraction of sp³-hybridized carbons (Fsp3) is 0.923. The van der Waals surface area contributed by atoms with Crippen LogP contribution in [-0.4, -0.2) is 24.3 Å². The molecule has 1 saturated carbocycles. The predicted octanol–water partition coefficient (Wildman–Crippen LogP) is 2.68. The molecular weight excluding hydrogens is 204 g/mol. The first kappa shape index (κ1) is 11.9. The lowest BCUT2D eigenvalue weighted by atomic mass is 9.79. The van der Waals surface area contributed by atoms with Gasteiger partial charge in [-0.25, -0.2) is 4.79 Å². The highest BCUT2D eigenvalue weighted by Crippen LogP contribution is 2.53. The normalized spacial score (nSPS) is 39.4. The summed E-state index contributed by atoms with van der Waals surface area (Å²) >= 11 is 0. The SMILES string of the molecule is COC(=O)C1(C)OC1(C)CC1CCCCC1. The molecule has 2 rings (SSSR count). The van der Waals surface area contributed by atoms with Gasteiger partial charge < -0.3 is 9.47 Å². The second-order valence-electron chi connectivity index (χ2n) is 5.57.